The van der Waals surface area contributed by atoms with Crippen LogP contribution in [0.4, 0.5) is 0 Å². The van der Waals surface area contributed by atoms with E-state index in [-0.39, 0.29) is 29.6 Å². The molecule has 0 saturated carbocycles. The van der Waals surface area contributed by atoms with Crippen LogP contribution in [0.2, 0.25) is 0 Å². The molecule has 1 fully saturated rings. The maximum absolute atomic E-state index is 10.6. The van der Waals surface area contributed by atoms with E-state index in [2.05, 4.69) is 0 Å². The molecule has 0 bridgehead atoms. The Kier molecular flexibility index (Phi) is 5.43. The third-order valence-electron chi connectivity index (χ3n) is 2.15. The predicted molar refractivity (Wildman–Crippen MR) is 44.2 cm³/mol. The van der Waals surface area contributed by atoms with Crippen molar-refractivity contribution >= 4 is 10.3 Å². The molecule has 0 amide bonds. The summed E-state index contributed by atoms with van der Waals surface area (Å²) in [5.74, 6) is 0.606. The van der Waals surface area contributed by atoms with Crippen LogP contribution in [0.25, 0.3) is 0 Å². The number of rotatable bonds is 1. The minimum Gasteiger partial charge on any atom is -0.735 e. The van der Waals surface area contributed by atoms with Gasteiger partial charge in [0.2, 0.25) is 0 Å². The Labute approximate surface area is 102 Å². The van der Waals surface area contributed by atoms with Gasteiger partial charge in [-0.3, -0.25) is 0 Å². The van der Waals surface area contributed by atoms with Gasteiger partial charge in [0.15, 0.2) is 10.3 Å². The number of hydrogen-bond acceptors (Lipinski definition) is 3. The van der Waals surface area contributed by atoms with Crippen LogP contribution in [0.3, 0.4) is 0 Å². The molecule has 72 valence electrons. The molecule has 0 spiro atoms. The Morgan fingerprint density at radius 1 is 1.23 bits per heavy atom. The molecule has 6 heteroatoms. The van der Waals surface area contributed by atoms with E-state index in [0.29, 0.717) is 24.9 Å². The van der Waals surface area contributed by atoms with Crippen molar-refractivity contribution in [3.8, 4) is 0 Å². The molecule has 0 radical (unpaired) electrons. The SMILES string of the molecule is CC1CC(C)CN(S(=O)(=O)[O-])C1.[Na+]. The average Bonchev–Trinajstić information content (AvgIpc) is 1.82. The van der Waals surface area contributed by atoms with Crippen LogP contribution in [-0.2, 0) is 10.3 Å². The third kappa shape index (κ3) is 4.27. The molecule has 1 heterocycles. The van der Waals surface area contributed by atoms with Gasteiger partial charge in [0.05, 0.1) is 0 Å². The van der Waals surface area contributed by atoms with Gasteiger partial charge in [-0.05, 0) is 18.3 Å². The second-order valence-corrected chi connectivity index (χ2v) is 5.09. The van der Waals surface area contributed by atoms with Gasteiger partial charge in [0, 0.05) is 13.1 Å². The van der Waals surface area contributed by atoms with E-state index in [1.165, 1.54) is 0 Å². The summed E-state index contributed by atoms with van der Waals surface area (Å²) >= 11 is 0. The van der Waals surface area contributed by atoms with Gasteiger partial charge < -0.3 is 4.55 Å². The van der Waals surface area contributed by atoms with Gasteiger partial charge in [0.25, 0.3) is 0 Å². The van der Waals surface area contributed by atoms with E-state index < -0.39 is 10.3 Å². The third-order valence-corrected chi connectivity index (χ3v) is 3.08. The summed E-state index contributed by atoms with van der Waals surface area (Å²) < 4.78 is 33.0. The fourth-order valence-corrected chi connectivity index (χ4v) is 2.66. The Balaban J connectivity index is 0.00000144. The molecule has 2 atom stereocenters. The maximum Gasteiger partial charge on any atom is 1.00 e. The Bertz CT molecular complexity index is 244. The first kappa shape index (κ1) is 13.9. The Hall–Kier alpha value is 0.870. The van der Waals surface area contributed by atoms with Gasteiger partial charge in [-0.1, -0.05) is 13.8 Å². The standard InChI is InChI=1S/C7H15NO3S.Na/c1-6-3-7(2)5-8(4-6)12(9,10)11;/h6-7H,3-5H2,1-2H3,(H,9,10,11);/q;+1/p-1. The van der Waals surface area contributed by atoms with Crippen LogP contribution in [-0.4, -0.2) is 30.4 Å². The van der Waals surface area contributed by atoms with Gasteiger partial charge in [-0.2, -0.15) is 0 Å². The van der Waals surface area contributed by atoms with Gasteiger partial charge in [-0.25, -0.2) is 12.7 Å². The zero-order valence-electron chi connectivity index (χ0n) is 8.36. The molecule has 1 rings (SSSR count). The molecule has 2 unspecified atom stereocenters. The van der Waals surface area contributed by atoms with Crippen LogP contribution in [0, 0.1) is 11.8 Å². The summed E-state index contributed by atoms with van der Waals surface area (Å²) in [6.45, 7) is 4.70. The fraction of sp³-hybridized carbons (Fsp3) is 1.00. The molecule has 0 aromatic carbocycles. The van der Waals surface area contributed by atoms with E-state index >= 15 is 0 Å². The van der Waals surface area contributed by atoms with Crippen molar-refractivity contribution < 1.29 is 42.5 Å². The quantitative estimate of drug-likeness (QED) is 0.357. The monoisotopic (exact) mass is 215 g/mol. The molecule has 0 aliphatic carbocycles. The Morgan fingerprint density at radius 3 is 1.92 bits per heavy atom. The first-order chi connectivity index (χ1) is 5.39. The molecule has 1 aliphatic heterocycles. The molecule has 0 aromatic heterocycles. The minimum atomic E-state index is -4.21. The zero-order chi connectivity index (χ0) is 9.35. The molecular formula is C7H14NNaO3S. The van der Waals surface area contributed by atoms with Crippen molar-refractivity contribution in [1.82, 2.24) is 4.31 Å². The van der Waals surface area contributed by atoms with Crippen LogP contribution in [0.5, 0.6) is 0 Å². The van der Waals surface area contributed by atoms with Crippen molar-refractivity contribution in [2.75, 3.05) is 13.1 Å². The van der Waals surface area contributed by atoms with Gasteiger partial charge >= 0.3 is 29.6 Å². The van der Waals surface area contributed by atoms with E-state index in [1.54, 1.807) is 0 Å². The van der Waals surface area contributed by atoms with Crippen molar-refractivity contribution in [2.24, 2.45) is 11.8 Å². The van der Waals surface area contributed by atoms with Crippen molar-refractivity contribution in [3.05, 3.63) is 0 Å². The van der Waals surface area contributed by atoms with E-state index in [4.69, 9.17) is 0 Å². The van der Waals surface area contributed by atoms with Crippen LogP contribution >= 0.6 is 0 Å². The molecule has 1 aliphatic rings. The molecular weight excluding hydrogens is 201 g/mol. The second kappa shape index (κ2) is 5.09. The van der Waals surface area contributed by atoms with Crippen molar-refractivity contribution in [1.29, 1.82) is 0 Å². The maximum atomic E-state index is 10.6. The summed E-state index contributed by atoms with van der Waals surface area (Å²) in [5.41, 5.74) is 0. The average molecular weight is 215 g/mol. The predicted octanol–water partition coefficient (Wildman–Crippen LogP) is -2.57. The van der Waals surface area contributed by atoms with E-state index in [0.717, 1.165) is 10.7 Å². The molecule has 13 heavy (non-hydrogen) atoms. The second-order valence-electron chi connectivity index (χ2n) is 3.72. The first-order valence-corrected chi connectivity index (χ1v) is 5.47. The van der Waals surface area contributed by atoms with E-state index in [9.17, 15) is 13.0 Å². The summed E-state index contributed by atoms with van der Waals surface area (Å²) in [6.07, 6.45) is 1.01. The summed E-state index contributed by atoms with van der Waals surface area (Å²) in [5, 5.41) is 0. The van der Waals surface area contributed by atoms with Crippen molar-refractivity contribution in [2.45, 2.75) is 20.3 Å². The summed E-state index contributed by atoms with van der Waals surface area (Å²) in [6, 6.07) is 0. The van der Waals surface area contributed by atoms with Crippen molar-refractivity contribution in [3.63, 3.8) is 0 Å². The summed E-state index contributed by atoms with van der Waals surface area (Å²) in [7, 11) is -4.21. The van der Waals surface area contributed by atoms with E-state index in [1.807, 2.05) is 13.8 Å². The molecule has 0 aromatic rings. The number of piperidine rings is 1. The largest absolute Gasteiger partial charge is 1.00 e. The number of nitrogens with zero attached hydrogens (tertiary/aromatic N) is 1. The van der Waals surface area contributed by atoms with Crippen LogP contribution in [0.1, 0.15) is 20.3 Å². The molecule has 0 N–H and O–H groups in total. The van der Waals surface area contributed by atoms with Crippen LogP contribution in [0.15, 0.2) is 0 Å². The van der Waals surface area contributed by atoms with Gasteiger partial charge in [-0.15, -0.1) is 0 Å². The normalized spacial score (nSPS) is 31.0. The fourth-order valence-electron chi connectivity index (χ4n) is 1.79. The first-order valence-electron chi connectivity index (χ1n) is 4.10. The summed E-state index contributed by atoms with van der Waals surface area (Å²) in [4.78, 5) is 0. The minimum absolute atomic E-state index is 0. The van der Waals surface area contributed by atoms with Crippen LogP contribution < -0.4 is 29.6 Å². The smallest absolute Gasteiger partial charge is 0.735 e. The number of hydrogen-bond donors (Lipinski definition) is 0. The topological polar surface area (TPSA) is 60.4 Å². The zero-order valence-corrected chi connectivity index (χ0v) is 11.2. The molecule has 4 nitrogen and oxygen atoms in total. The Morgan fingerprint density at radius 2 is 1.62 bits per heavy atom. The molecule has 1 saturated heterocycles. The van der Waals surface area contributed by atoms with Gasteiger partial charge in [0.1, 0.15) is 0 Å².